The second-order valence-electron chi connectivity index (χ2n) is 5.15. The van der Waals surface area contributed by atoms with Gasteiger partial charge in [0.15, 0.2) is 5.78 Å². The molecule has 17 heavy (non-hydrogen) atoms. The lowest BCUT2D eigenvalue weighted by Gasteiger charge is -2.23. The third-order valence-corrected chi connectivity index (χ3v) is 3.62. The van der Waals surface area contributed by atoms with Gasteiger partial charge in [-0.3, -0.25) is 4.79 Å². The standard InChI is InChI=1S/C15H22O2/c1-7-15(4,5)14(16)12-9-8-10(2)11(3)13(12)17-6/h8-9H,7H2,1-6H3. The van der Waals surface area contributed by atoms with Crippen molar-refractivity contribution in [2.45, 2.75) is 41.0 Å². The largest absolute Gasteiger partial charge is 0.496 e. The van der Waals surface area contributed by atoms with Crippen LogP contribution in [0.1, 0.15) is 48.7 Å². The van der Waals surface area contributed by atoms with Crippen LogP contribution in [0.5, 0.6) is 5.75 Å². The van der Waals surface area contributed by atoms with Gasteiger partial charge in [0.2, 0.25) is 0 Å². The summed E-state index contributed by atoms with van der Waals surface area (Å²) >= 11 is 0. The van der Waals surface area contributed by atoms with Crippen LogP contribution in [0.3, 0.4) is 0 Å². The van der Waals surface area contributed by atoms with Gasteiger partial charge in [-0.25, -0.2) is 0 Å². The van der Waals surface area contributed by atoms with Crippen molar-refractivity contribution in [3.8, 4) is 5.75 Å². The second-order valence-corrected chi connectivity index (χ2v) is 5.15. The highest BCUT2D eigenvalue weighted by Crippen LogP contribution is 2.33. The third kappa shape index (κ3) is 2.51. The molecule has 0 spiro atoms. The molecule has 0 aromatic heterocycles. The maximum atomic E-state index is 12.5. The van der Waals surface area contributed by atoms with E-state index >= 15 is 0 Å². The fraction of sp³-hybridized carbons (Fsp3) is 0.533. The Bertz CT molecular complexity index is 431. The zero-order valence-electron chi connectivity index (χ0n) is 11.7. The Morgan fingerprint density at radius 3 is 2.35 bits per heavy atom. The number of carbonyl (C=O) groups is 1. The van der Waals surface area contributed by atoms with Crippen molar-refractivity contribution in [1.29, 1.82) is 0 Å². The number of aryl methyl sites for hydroxylation is 1. The Hall–Kier alpha value is -1.31. The van der Waals surface area contributed by atoms with Gasteiger partial charge in [-0.05, 0) is 37.5 Å². The molecule has 0 heterocycles. The van der Waals surface area contributed by atoms with E-state index < -0.39 is 0 Å². The molecule has 0 aliphatic heterocycles. The number of ketones is 1. The predicted molar refractivity (Wildman–Crippen MR) is 70.9 cm³/mol. The highest BCUT2D eigenvalue weighted by atomic mass is 16.5. The van der Waals surface area contributed by atoms with Gasteiger partial charge in [-0.15, -0.1) is 0 Å². The highest BCUT2D eigenvalue weighted by molar-refractivity contribution is 6.02. The van der Waals surface area contributed by atoms with Gasteiger partial charge in [0.05, 0.1) is 12.7 Å². The first-order valence-corrected chi connectivity index (χ1v) is 6.04. The first-order chi connectivity index (χ1) is 7.85. The van der Waals surface area contributed by atoms with Crippen molar-refractivity contribution in [1.82, 2.24) is 0 Å². The molecule has 1 aromatic rings. The van der Waals surface area contributed by atoms with Crippen LogP contribution >= 0.6 is 0 Å². The van der Waals surface area contributed by atoms with E-state index in [9.17, 15) is 4.79 Å². The van der Waals surface area contributed by atoms with Crippen LogP contribution in [0.15, 0.2) is 12.1 Å². The fourth-order valence-electron chi connectivity index (χ4n) is 1.76. The number of hydrogen-bond acceptors (Lipinski definition) is 2. The minimum atomic E-state index is -0.338. The summed E-state index contributed by atoms with van der Waals surface area (Å²) in [4.78, 5) is 12.5. The van der Waals surface area contributed by atoms with Gasteiger partial charge >= 0.3 is 0 Å². The van der Waals surface area contributed by atoms with E-state index in [1.165, 1.54) is 0 Å². The molecule has 0 N–H and O–H groups in total. The number of ether oxygens (including phenoxy) is 1. The van der Waals surface area contributed by atoms with Crippen LogP contribution < -0.4 is 4.74 Å². The summed E-state index contributed by atoms with van der Waals surface area (Å²) in [6.45, 7) is 10.0. The SMILES string of the molecule is CCC(C)(C)C(=O)c1ccc(C)c(C)c1OC. The van der Waals surface area contributed by atoms with E-state index in [0.29, 0.717) is 5.56 Å². The minimum Gasteiger partial charge on any atom is -0.496 e. The second kappa shape index (κ2) is 4.91. The molecular weight excluding hydrogens is 212 g/mol. The highest BCUT2D eigenvalue weighted by Gasteiger charge is 2.29. The summed E-state index contributed by atoms with van der Waals surface area (Å²) in [5.74, 6) is 0.872. The van der Waals surface area contributed by atoms with Crippen LogP contribution in [0, 0.1) is 19.3 Å². The Balaban J connectivity index is 3.33. The molecule has 0 bridgehead atoms. The van der Waals surface area contributed by atoms with Crippen molar-refractivity contribution in [2.24, 2.45) is 5.41 Å². The average Bonchev–Trinajstić information content (AvgIpc) is 2.31. The average molecular weight is 234 g/mol. The van der Waals surface area contributed by atoms with E-state index in [0.717, 1.165) is 23.3 Å². The van der Waals surface area contributed by atoms with Crippen molar-refractivity contribution in [3.05, 3.63) is 28.8 Å². The maximum Gasteiger partial charge on any atom is 0.172 e. The third-order valence-electron chi connectivity index (χ3n) is 3.62. The van der Waals surface area contributed by atoms with Gasteiger partial charge in [0.25, 0.3) is 0 Å². The first kappa shape index (κ1) is 13.8. The molecule has 0 atom stereocenters. The Kier molecular flexibility index (Phi) is 3.97. The van der Waals surface area contributed by atoms with E-state index in [1.54, 1.807) is 7.11 Å². The molecular formula is C15H22O2. The van der Waals surface area contributed by atoms with E-state index in [-0.39, 0.29) is 11.2 Å². The first-order valence-electron chi connectivity index (χ1n) is 6.04. The number of Topliss-reactive ketones (excluding diaryl/α,β-unsaturated/α-hetero) is 1. The van der Waals surface area contributed by atoms with E-state index in [2.05, 4.69) is 0 Å². The van der Waals surface area contributed by atoms with Gasteiger partial charge in [-0.1, -0.05) is 26.8 Å². The van der Waals surface area contributed by atoms with Gasteiger partial charge in [0, 0.05) is 5.41 Å². The molecule has 2 nitrogen and oxygen atoms in total. The molecule has 0 radical (unpaired) electrons. The zero-order valence-corrected chi connectivity index (χ0v) is 11.7. The normalized spacial score (nSPS) is 11.4. The molecule has 0 aliphatic carbocycles. The molecule has 0 aliphatic rings. The number of carbonyl (C=O) groups excluding carboxylic acids is 1. The molecule has 0 unspecified atom stereocenters. The zero-order chi connectivity index (χ0) is 13.2. The van der Waals surface area contributed by atoms with E-state index in [1.807, 2.05) is 46.8 Å². The molecule has 2 heteroatoms. The van der Waals surface area contributed by atoms with Crippen molar-refractivity contribution in [2.75, 3.05) is 7.11 Å². The number of methoxy groups -OCH3 is 1. The van der Waals surface area contributed by atoms with Crippen LogP contribution in [0.2, 0.25) is 0 Å². The minimum absolute atomic E-state index is 0.153. The quantitative estimate of drug-likeness (QED) is 0.738. The number of rotatable bonds is 4. The van der Waals surface area contributed by atoms with Crippen molar-refractivity contribution in [3.63, 3.8) is 0 Å². The van der Waals surface area contributed by atoms with Crippen LogP contribution in [-0.4, -0.2) is 12.9 Å². The van der Waals surface area contributed by atoms with Gasteiger partial charge < -0.3 is 4.74 Å². The summed E-state index contributed by atoms with van der Waals surface area (Å²) in [7, 11) is 1.62. The van der Waals surface area contributed by atoms with Crippen LogP contribution in [0.25, 0.3) is 0 Å². The Labute approximate surface area is 104 Å². The molecule has 1 rings (SSSR count). The molecule has 0 saturated carbocycles. The summed E-state index contributed by atoms with van der Waals surface area (Å²) in [6.07, 6.45) is 0.821. The topological polar surface area (TPSA) is 26.3 Å². The lowest BCUT2D eigenvalue weighted by Crippen LogP contribution is -2.24. The number of hydrogen-bond donors (Lipinski definition) is 0. The monoisotopic (exact) mass is 234 g/mol. The van der Waals surface area contributed by atoms with E-state index in [4.69, 9.17) is 4.74 Å². The van der Waals surface area contributed by atoms with Gasteiger partial charge in [0.1, 0.15) is 5.75 Å². The predicted octanol–water partition coefficient (Wildman–Crippen LogP) is 3.93. The summed E-state index contributed by atoms with van der Waals surface area (Å²) in [6, 6.07) is 3.86. The molecule has 94 valence electrons. The van der Waals surface area contributed by atoms with Gasteiger partial charge in [-0.2, -0.15) is 0 Å². The van der Waals surface area contributed by atoms with Crippen molar-refractivity contribution < 1.29 is 9.53 Å². The summed E-state index contributed by atoms with van der Waals surface area (Å²) in [5.41, 5.74) is 2.55. The molecule has 1 aromatic carbocycles. The van der Waals surface area contributed by atoms with Crippen LogP contribution in [-0.2, 0) is 0 Å². The summed E-state index contributed by atoms with van der Waals surface area (Å²) < 4.78 is 5.40. The lowest BCUT2D eigenvalue weighted by molar-refractivity contribution is 0.0829. The molecule has 0 fully saturated rings. The maximum absolute atomic E-state index is 12.5. The lowest BCUT2D eigenvalue weighted by atomic mass is 9.81. The summed E-state index contributed by atoms with van der Waals surface area (Å²) in [5, 5.41) is 0. The van der Waals surface area contributed by atoms with Crippen molar-refractivity contribution >= 4 is 5.78 Å². The fourth-order valence-corrected chi connectivity index (χ4v) is 1.76. The Morgan fingerprint density at radius 1 is 1.29 bits per heavy atom. The smallest absolute Gasteiger partial charge is 0.172 e. The molecule has 0 saturated heterocycles. The number of benzene rings is 1. The molecule has 0 amide bonds. The van der Waals surface area contributed by atoms with Crippen LogP contribution in [0.4, 0.5) is 0 Å². The Morgan fingerprint density at radius 2 is 1.88 bits per heavy atom.